The third kappa shape index (κ3) is 3.69. The molecule has 0 spiro atoms. The van der Waals surface area contributed by atoms with Crippen molar-refractivity contribution >= 4 is 0 Å². The van der Waals surface area contributed by atoms with E-state index in [9.17, 15) is 0 Å². The van der Waals surface area contributed by atoms with Crippen molar-refractivity contribution in [2.24, 2.45) is 11.8 Å². The number of piperidine rings is 1. The maximum Gasteiger partial charge on any atom is 0.00683 e. The van der Waals surface area contributed by atoms with Crippen LogP contribution in [0.25, 0.3) is 0 Å². The molecule has 0 bridgehead atoms. The second kappa shape index (κ2) is 5.89. The standard InChI is InChI=1S/C15H29N3/c1-17-7-4-13(5-8-17)11-18-9-6-14(12-18)10-16-15-2-3-15/h13-16H,2-12H2,1H3. The van der Waals surface area contributed by atoms with E-state index >= 15 is 0 Å². The molecule has 0 aromatic heterocycles. The molecule has 1 atom stereocenters. The Kier molecular flexibility index (Phi) is 4.22. The van der Waals surface area contributed by atoms with Crippen LogP contribution in [0.4, 0.5) is 0 Å². The summed E-state index contributed by atoms with van der Waals surface area (Å²) in [5.74, 6) is 1.90. The Morgan fingerprint density at radius 1 is 0.944 bits per heavy atom. The van der Waals surface area contributed by atoms with Crippen LogP contribution in [0.5, 0.6) is 0 Å². The first-order chi connectivity index (χ1) is 8.79. The molecule has 2 heterocycles. The predicted molar refractivity (Wildman–Crippen MR) is 75.8 cm³/mol. The normalized spacial score (nSPS) is 32.2. The molecule has 1 unspecified atom stereocenters. The van der Waals surface area contributed by atoms with E-state index in [1.54, 1.807) is 0 Å². The van der Waals surface area contributed by atoms with Crippen molar-refractivity contribution in [3.8, 4) is 0 Å². The van der Waals surface area contributed by atoms with Gasteiger partial charge >= 0.3 is 0 Å². The Balaban J connectivity index is 1.33. The predicted octanol–water partition coefficient (Wildman–Crippen LogP) is 1.40. The van der Waals surface area contributed by atoms with Gasteiger partial charge in [0.15, 0.2) is 0 Å². The van der Waals surface area contributed by atoms with Gasteiger partial charge in [-0.25, -0.2) is 0 Å². The quantitative estimate of drug-likeness (QED) is 0.797. The summed E-state index contributed by atoms with van der Waals surface area (Å²) in [6.45, 7) is 7.97. The first-order valence-corrected chi connectivity index (χ1v) is 7.94. The molecule has 3 heteroatoms. The molecule has 0 aromatic rings. The average Bonchev–Trinajstić information content (AvgIpc) is 3.10. The molecule has 1 saturated carbocycles. The minimum atomic E-state index is 0.882. The molecule has 3 fully saturated rings. The smallest absolute Gasteiger partial charge is 0.00683 e. The number of hydrogen-bond acceptors (Lipinski definition) is 3. The topological polar surface area (TPSA) is 18.5 Å². The summed E-state index contributed by atoms with van der Waals surface area (Å²) in [7, 11) is 2.26. The van der Waals surface area contributed by atoms with Crippen molar-refractivity contribution in [1.82, 2.24) is 15.1 Å². The number of nitrogens with zero attached hydrogens (tertiary/aromatic N) is 2. The molecular weight excluding hydrogens is 222 g/mol. The molecule has 3 nitrogen and oxygen atoms in total. The summed E-state index contributed by atoms with van der Waals surface area (Å²) in [4.78, 5) is 5.21. The molecule has 18 heavy (non-hydrogen) atoms. The summed E-state index contributed by atoms with van der Waals surface area (Å²) < 4.78 is 0. The van der Waals surface area contributed by atoms with E-state index in [1.165, 1.54) is 71.4 Å². The lowest BCUT2D eigenvalue weighted by Gasteiger charge is -2.31. The lowest BCUT2D eigenvalue weighted by atomic mass is 9.97. The molecule has 3 aliphatic rings. The molecule has 1 N–H and O–H groups in total. The fourth-order valence-corrected chi connectivity index (χ4v) is 3.48. The van der Waals surface area contributed by atoms with Crippen LogP contribution >= 0.6 is 0 Å². The van der Waals surface area contributed by atoms with Gasteiger partial charge in [-0.05, 0) is 77.2 Å². The third-order valence-corrected chi connectivity index (χ3v) is 5.00. The average molecular weight is 251 g/mol. The maximum atomic E-state index is 3.70. The van der Waals surface area contributed by atoms with Crippen molar-refractivity contribution < 1.29 is 0 Å². The second-order valence-electron chi connectivity index (χ2n) is 6.84. The van der Waals surface area contributed by atoms with E-state index in [0.717, 1.165) is 17.9 Å². The Hall–Kier alpha value is -0.120. The van der Waals surface area contributed by atoms with Gasteiger partial charge in [-0.15, -0.1) is 0 Å². The highest BCUT2D eigenvalue weighted by atomic mass is 15.2. The summed E-state index contributed by atoms with van der Waals surface area (Å²) in [5, 5.41) is 3.70. The highest BCUT2D eigenvalue weighted by Gasteiger charge is 2.28. The molecule has 0 aromatic carbocycles. The van der Waals surface area contributed by atoms with Crippen molar-refractivity contribution in [3.63, 3.8) is 0 Å². The first kappa shape index (κ1) is 12.9. The van der Waals surface area contributed by atoms with Crippen LogP contribution in [0.15, 0.2) is 0 Å². The fourth-order valence-electron chi connectivity index (χ4n) is 3.48. The fraction of sp³-hybridized carbons (Fsp3) is 1.00. The van der Waals surface area contributed by atoms with E-state index in [-0.39, 0.29) is 0 Å². The Labute approximate surface area is 112 Å². The van der Waals surface area contributed by atoms with Crippen molar-refractivity contribution in [3.05, 3.63) is 0 Å². The first-order valence-electron chi connectivity index (χ1n) is 7.94. The number of nitrogens with one attached hydrogen (secondary N) is 1. The zero-order chi connectivity index (χ0) is 12.4. The zero-order valence-electron chi connectivity index (χ0n) is 11.9. The minimum Gasteiger partial charge on any atom is -0.314 e. The maximum absolute atomic E-state index is 3.70. The molecule has 0 radical (unpaired) electrons. The van der Waals surface area contributed by atoms with Gasteiger partial charge in [-0.1, -0.05) is 0 Å². The molecule has 1 aliphatic carbocycles. The zero-order valence-corrected chi connectivity index (χ0v) is 11.9. The van der Waals surface area contributed by atoms with Gasteiger partial charge in [0.05, 0.1) is 0 Å². The van der Waals surface area contributed by atoms with E-state index in [0.29, 0.717) is 0 Å². The molecule has 2 aliphatic heterocycles. The summed E-state index contributed by atoms with van der Waals surface area (Å²) in [6.07, 6.45) is 7.10. The van der Waals surface area contributed by atoms with Crippen LogP contribution in [0, 0.1) is 11.8 Å². The van der Waals surface area contributed by atoms with Crippen LogP contribution in [0.1, 0.15) is 32.1 Å². The largest absolute Gasteiger partial charge is 0.314 e. The number of rotatable bonds is 5. The lowest BCUT2D eigenvalue weighted by molar-refractivity contribution is 0.173. The van der Waals surface area contributed by atoms with Gasteiger partial charge in [0, 0.05) is 19.1 Å². The van der Waals surface area contributed by atoms with Crippen molar-refractivity contribution in [1.29, 1.82) is 0 Å². The highest BCUT2D eigenvalue weighted by molar-refractivity contribution is 4.85. The van der Waals surface area contributed by atoms with Gasteiger partial charge in [-0.2, -0.15) is 0 Å². The summed E-state index contributed by atoms with van der Waals surface area (Å²) >= 11 is 0. The second-order valence-corrected chi connectivity index (χ2v) is 6.84. The van der Waals surface area contributed by atoms with Gasteiger partial charge in [0.1, 0.15) is 0 Å². The van der Waals surface area contributed by atoms with Gasteiger partial charge in [-0.3, -0.25) is 0 Å². The molecule has 3 rings (SSSR count). The van der Waals surface area contributed by atoms with Gasteiger partial charge < -0.3 is 15.1 Å². The van der Waals surface area contributed by atoms with E-state index in [1.807, 2.05) is 0 Å². The Morgan fingerprint density at radius 2 is 1.67 bits per heavy atom. The van der Waals surface area contributed by atoms with Crippen molar-refractivity contribution in [2.75, 3.05) is 46.3 Å². The van der Waals surface area contributed by atoms with Crippen LogP contribution in [-0.4, -0.2) is 62.2 Å². The van der Waals surface area contributed by atoms with Crippen LogP contribution in [0.3, 0.4) is 0 Å². The number of likely N-dealkylation sites (tertiary alicyclic amines) is 2. The molecule has 104 valence electrons. The molecule has 0 amide bonds. The van der Waals surface area contributed by atoms with E-state index < -0.39 is 0 Å². The number of hydrogen-bond donors (Lipinski definition) is 1. The highest BCUT2D eigenvalue weighted by Crippen LogP contribution is 2.23. The monoisotopic (exact) mass is 251 g/mol. The van der Waals surface area contributed by atoms with Crippen LogP contribution in [0.2, 0.25) is 0 Å². The van der Waals surface area contributed by atoms with Crippen LogP contribution in [-0.2, 0) is 0 Å². The Morgan fingerprint density at radius 3 is 2.39 bits per heavy atom. The third-order valence-electron chi connectivity index (χ3n) is 5.00. The lowest BCUT2D eigenvalue weighted by Crippen LogP contribution is -2.36. The van der Waals surface area contributed by atoms with E-state index in [2.05, 4.69) is 22.2 Å². The Bertz CT molecular complexity index is 256. The minimum absolute atomic E-state index is 0.882. The van der Waals surface area contributed by atoms with Gasteiger partial charge in [0.2, 0.25) is 0 Å². The van der Waals surface area contributed by atoms with Crippen molar-refractivity contribution in [2.45, 2.75) is 38.1 Å². The van der Waals surface area contributed by atoms with Crippen LogP contribution < -0.4 is 5.32 Å². The summed E-state index contributed by atoms with van der Waals surface area (Å²) in [6, 6.07) is 0.882. The van der Waals surface area contributed by atoms with E-state index in [4.69, 9.17) is 0 Å². The molecular formula is C15H29N3. The SMILES string of the molecule is CN1CCC(CN2CCC(CNC3CC3)C2)CC1. The molecule has 2 saturated heterocycles. The van der Waals surface area contributed by atoms with Gasteiger partial charge in [0.25, 0.3) is 0 Å². The summed E-state index contributed by atoms with van der Waals surface area (Å²) in [5.41, 5.74) is 0.